The van der Waals surface area contributed by atoms with Crippen LogP contribution in [-0.4, -0.2) is 0 Å². The Labute approximate surface area is 162 Å². The maximum atomic E-state index is 6.26. The molecule has 1 nitrogen and oxygen atoms in total. The Bertz CT molecular complexity index is 1030. The van der Waals surface area contributed by atoms with Crippen LogP contribution in [0.5, 0.6) is 0 Å². The first-order valence-corrected chi connectivity index (χ1v) is 10.7. The third kappa shape index (κ3) is 3.60. The molecule has 4 aromatic carbocycles. The molecule has 0 spiro atoms. The van der Waals surface area contributed by atoms with Crippen molar-refractivity contribution in [3.8, 4) is 0 Å². The van der Waals surface area contributed by atoms with Crippen molar-refractivity contribution >= 4 is 38.0 Å². The van der Waals surface area contributed by atoms with Gasteiger partial charge in [0.25, 0.3) is 0 Å². The molecule has 0 heterocycles. The van der Waals surface area contributed by atoms with Gasteiger partial charge in [0.1, 0.15) is 0 Å². The molecule has 0 atom stereocenters. The zero-order valence-electron chi connectivity index (χ0n) is 16.6. The van der Waals surface area contributed by atoms with Crippen molar-refractivity contribution in [2.45, 2.75) is 64.7 Å². The van der Waals surface area contributed by atoms with E-state index in [0.717, 1.165) is 5.69 Å². The first-order chi connectivity index (χ1) is 13.3. The SMILES string of the molecule is CCCCCCCCCCc1cc2ccc(N)c3ccc4cccc1c4c23. The van der Waals surface area contributed by atoms with Crippen molar-refractivity contribution in [1.82, 2.24) is 0 Å². The van der Waals surface area contributed by atoms with Crippen LogP contribution >= 0.6 is 0 Å². The van der Waals surface area contributed by atoms with Crippen molar-refractivity contribution in [1.29, 1.82) is 0 Å². The van der Waals surface area contributed by atoms with Crippen molar-refractivity contribution in [3.63, 3.8) is 0 Å². The Morgan fingerprint density at radius 1 is 0.667 bits per heavy atom. The minimum Gasteiger partial charge on any atom is -0.398 e. The molecule has 0 aliphatic heterocycles. The van der Waals surface area contributed by atoms with Crippen LogP contribution in [0.2, 0.25) is 0 Å². The van der Waals surface area contributed by atoms with Gasteiger partial charge in [-0.3, -0.25) is 0 Å². The molecule has 0 saturated carbocycles. The van der Waals surface area contributed by atoms with E-state index in [1.165, 1.54) is 95.7 Å². The van der Waals surface area contributed by atoms with Gasteiger partial charge in [0.2, 0.25) is 0 Å². The van der Waals surface area contributed by atoms with Crippen LogP contribution in [0.25, 0.3) is 32.3 Å². The second-order valence-electron chi connectivity index (χ2n) is 8.03. The van der Waals surface area contributed by atoms with Gasteiger partial charge in [0.05, 0.1) is 0 Å². The number of anilines is 1. The topological polar surface area (TPSA) is 26.0 Å². The molecular weight excluding hydrogens is 326 g/mol. The van der Waals surface area contributed by atoms with E-state index in [1.807, 2.05) is 0 Å². The highest BCUT2D eigenvalue weighted by molar-refractivity contribution is 6.25. The van der Waals surface area contributed by atoms with Crippen LogP contribution in [0, 0.1) is 0 Å². The van der Waals surface area contributed by atoms with E-state index in [2.05, 4.69) is 55.5 Å². The lowest BCUT2D eigenvalue weighted by Gasteiger charge is -2.15. The van der Waals surface area contributed by atoms with Crippen LogP contribution in [-0.2, 0) is 6.42 Å². The van der Waals surface area contributed by atoms with Crippen LogP contribution in [0.3, 0.4) is 0 Å². The maximum Gasteiger partial charge on any atom is 0.0394 e. The number of rotatable bonds is 9. The van der Waals surface area contributed by atoms with E-state index < -0.39 is 0 Å². The lowest BCUT2D eigenvalue weighted by molar-refractivity contribution is 0.576. The van der Waals surface area contributed by atoms with Gasteiger partial charge in [-0.2, -0.15) is 0 Å². The third-order valence-corrected chi connectivity index (χ3v) is 6.06. The van der Waals surface area contributed by atoms with Gasteiger partial charge in [-0.05, 0) is 51.4 Å². The number of benzene rings is 4. The van der Waals surface area contributed by atoms with E-state index in [1.54, 1.807) is 0 Å². The minimum atomic E-state index is 0.880. The summed E-state index contributed by atoms with van der Waals surface area (Å²) in [7, 11) is 0. The van der Waals surface area contributed by atoms with Gasteiger partial charge in [-0.1, -0.05) is 94.3 Å². The Kier molecular flexibility index (Phi) is 5.48. The summed E-state index contributed by atoms with van der Waals surface area (Å²) in [5.41, 5.74) is 8.64. The second-order valence-corrected chi connectivity index (χ2v) is 8.03. The summed E-state index contributed by atoms with van der Waals surface area (Å²) in [5.74, 6) is 0. The average Bonchev–Trinajstić information content (AvgIpc) is 2.70. The smallest absolute Gasteiger partial charge is 0.0394 e. The molecule has 0 saturated heterocycles. The molecule has 4 aromatic rings. The van der Waals surface area contributed by atoms with E-state index >= 15 is 0 Å². The highest BCUT2D eigenvalue weighted by Gasteiger charge is 2.12. The number of unbranched alkanes of at least 4 members (excludes halogenated alkanes) is 7. The second kappa shape index (κ2) is 8.17. The molecule has 0 aliphatic carbocycles. The van der Waals surface area contributed by atoms with Gasteiger partial charge < -0.3 is 5.73 Å². The Balaban J connectivity index is 1.56. The first-order valence-electron chi connectivity index (χ1n) is 10.7. The number of hydrogen-bond donors (Lipinski definition) is 1. The van der Waals surface area contributed by atoms with Gasteiger partial charge >= 0.3 is 0 Å². The zero-order chi connectivity index (χ0) is 18.6. The zero-order valence-corrected chi connectivity index (χ0v) is 16.6. The largest absolute Gasteiger partial charge is 0.398 e. The summed E-state index contributed by atoms with van der Waals surface area (Å²) in [6, 6.07) is 17.8. The normalized spacial score (nSPS) is 11.9. The highest BCUT2D eigenvalue weighted by atomic mass is 14.5. The Morgan fingerprint density at radius 3 is 2.19 bits per heavy atom. The van der Waals surface area contributed by atoms with Gasteiger partial charge in [0, 0.05) is 11.1 Å². The lowest BCUT2D eigenvalue weighted by Crippen LogP contribution is -1.94. The monoisotopic (exact) mass is 357 g/mol. The number of nitrogens with two attached hydrogens (primary N) is 1. The van der Waals surface area contributed by atoms with E-state index in [9.17, 15) is 0 Å². The molecule has 2 N–H and O–H groups in total. The quantitative estimate of drug-likeness (QED) is 0.184. The Morgan fingerprint density at radius 2 is 1.37 bits per heavy atom. The number of hydrogen-bond acceptors (Lipinski definition) is 1. The van der Waals surface area contributed by atoms with Crippen molar-refractivity contribution < 1.29 is 0 Å². The molecule has 1 heteroatoms. The van der Waals surface area contributed by atoms with Crippen molar-refractivity contribution in [2.75, 3.05) is 5.73 Å². The van der Waals surface area contributed by atoms with E-state index in [4.69, 9.17) is 5.73 Å². The average molecular weight is 358 g/mol. The summed E-state index contributed by atoms with van der Waals surface area (Å²) in [6.45, 7) is 2.28. The molecule has 0 amide bonds. The predicted molar refractivity (Wildman–Crippen MR) is 121 cm³/mol. The van der Waals surface area contributed by atoms with Crippen molar-refractivity contribution in [3.05, 3.63) is 54.1 Å². The summed E-state index contributed by atoms with van der Waals surface area (Å²) in [6.07, 6.45) is 12.1. The third-order valence-electron chi connectivity index (χ3n) is 6.06. The van der Waals surface area contributed by atoms with E-state index in [-0.39, 0.29) is 0 Å². The maximum absolute atomic E-state index is 6.26. The fraction of sp³-hybridized carbons (Fsp3) is 0.385. The molecule has 0 aliphatic rings. The molecule has 4 rings (SSSR count). The summed E-state index contributed by atoms with van der Waals surface area (Å²) in [4.78, 5) is 0. The van der Waals surface area contributed by atoms with Crippen molar-refractivity contribution in [2.24, 2.45) is 0 Å². The first kappa shape index (κ1) is 18.1. The molecule has 27 heavy (non-hydrogen) atoms. The molecule has 0 aromatic heterocycles. The van der Waals surface area contributed by atoms with Crippen LogP contribution < -0.4 is 5.73 Å². The fourth-order valence-electron chi connectivity index (χ4n) is 4.58. The molecular formula is C26H31N. The standard InChI is InChI=1S/C26H31N/c1-2-3-4-5-6-7-8-9-11-20-18-21-15-17-24(27)23-16-14-19-12-10-13-22(20)25(19)26(21)23/h10,12-18H,2-9,11,27H2,1H3. The van der Waals surface area contributed by atoms with E-state index in [0.29, 0.717) is 0 Å². The highest BCUT2D eigenvalue weighted by Crippen LogP contribution is 2.38. The molecule has 0 radical (unpaired) electrons. The molecule has 0 bridgehead atoms. The van der Waals surface area contributed by atoms with Crippen LogP contribution in [0.15, 0.2) is 48.5 Å². The predicted octanol–water partition coefficient (Wildman–Crippen LogP) is 7.85. The molecule has 0 fully saturated rings. The number of nitrogen functional groups attached to an aromatic ring is 1. The van der Waals surface area contributed by atoms with Gasteiger partial charge in [-0.15, -0.1) is 0 Å². The summed E-state index contributed by atoms with van der Waals surface area (Å²) < 4.78 is 0. The minimum absolute atomic E-state index is 0.880. The summed E-state index contributed by atoms with van der Waals surface area (Å²) in [5, 5.41) is 8.00. The molecule has 0 unspecified atom stereocenters. The Hall–Kier alpha value is -2.28. The lowest BCUT2D eigenvalue weighted by atomic mass is 9.89. The number of aryl methyl sites for hydroxylation is 1. The van der Waals surface area contributed by atoms with Gasteiger partial charge in [0.15, 0.2) is 0 Å². The molecule has 140 valence electrons. The van der Waals surface area contributed by atoms with Crippen LogP contribution in [0.1, 0.15) is 63.9 Å². The fourth-order valence-corrected chi connectivity index (χ4v) is 4.58. The van der Waals surface area contributed by atoms with Gasteiger partial charge in [-0.25, -0.2) is 0 Å². The summed E-state index contributed by atoms with van der Waals surface area (Å²) >= 11 is 0. The van der Waals surface area contributed by atoms with Crippen LogP contribution in [0.4, 0.5) is 5.69 Å².